The van der Waals surface area contributed by atoms with Gasteiger partial charge in [0.05, 0.1) is 6.20 Å². The van der Waals surface area contributed by atoms with Crippen molar-refractivity contribution in [3.05, 3.63) is 70.7 Å². The molecule has 4 nitrogen and oxygen atoms in total. The molecule has 1 aromatic heterocycles. The quantitative estimate of drug-likeness (QED) is 0.617. The fraction of sp³-hybridized carbons (Fsp3) is 0.200. The van der Waals surface area contributed by atoms with Crippen molar-refractivity contribution in [3.8, 4) is 11.3 Å². The van der Waals surface area contributed by atoms with Crippen LogP contribution < -0.4 is 5.32 Å². The molecule has 5 heteroatoms. The zero-order valence-corrected chi connectivity index (χ0v) is 15.5. The van der Waals surface area contributed by atoms with E-state index in [4.69, 9.17) is 4.42 Å². The second kappa shape index (κ2) is 8.12. The SMILES string of the molecule is CCc1ccccc1NC(=O)CCc1ncc(-c2ccc(Br)cc2)o1. The molecule has 0 saturated carbocycles. The standard InChI is InChI=1S/C20H19BrN2O2/c1-2-14-5-3-4-6-17(14)23-19(24)11-12-20-22-13-18(25-20)15-7-9-16(21)10-8-15/h3-10,13H,2,11-12H2,1H3,(H,23,24). The van der Waals surface area contributed by atoms with Crippen molar-refractivity contribution < 1.29 is 9.21 Å². The first-order valence-corrected chi connectivity index (χ1v) is 9.03. The van der Waals surface area contributed by atoms with Gasteiger partial charge in [-0.25, -0.2) is 4.98 Å². The average molecular weight is 399 g/mol. The van der Waals surface area contributed by atoms with Crippen molar-refractivity contribution in [2.24, 2.45) is 0 Å². The van der Waals surface area contributed by atoms with Crippen LogP contribution in [-0.2, 0) is 17.6 Å². The van der Waals surface area contributed by atoms with Crippen molar-refractivity contribution in [1.29, 1.82) is 0 Å². The van der Waals surface area contributed by atoms with E-state index in [0.29, 0.717) is 24.5 Å². The van der Waals surface area contributed by atoms with Crippen molar-refractivity contribution in [2.45, 2.75) is 26.2 Å². The molecule has 0 atom stereocenters. The van der Waals surface area contributed by atoms with E-state index in [9.17, 15) is 4.79 Å². The lowest BCUT2D eigenvalue weighted by Gasteiger charge is -2.08. The van der Waals surface area contributed by atoms with Crippen LogP contribution >= 0.6 is 15.9 Å². The highest BCUT2D eigenvalue weighted by molar-refractivity contribution is 9.10. The lowest BCUT2D eigenvalue weighted by Crippen LogP contribution is -2.13. The summed E-state index contributed by atoms with van der Waals surface area (Å²) in [5.41, 5.74) is 2.96. The molecule has 0 fully saturated rings. The molecule has 0 radical (unpaired) electrons. The minimum atomic E-state index is -0.0377. The number of carbonyl (C=O) groups excluding carboxylic acids is 1. The van der Waals surface area contributed by atoms with Crippen LogP contribution in [0, 0.1) is 0 Å². The van der Waals surface area contributed by atoms with Crippen LogP contribution in [0.15, 0.2) is 63.6 Å². The number of carbonyl (C=O) groups is 1. The van der Waals surface area contributed by atoms with E-state index in [1.807, 2.05) is 48.5 Å². The van der Waals surface area contributed by atoms with E-state index in [-0.39, 0.29) is 5.91 Å². The number of hydrogen-bond acceptors (Lipinski definition) is 3. The van der Waals surface area contributed by atoms with Gasteiger partial charge in [0.2, 0.25) is 5.91 Å². The van der Waals surface area contributed by atoms with Crippen LogP contribution in [-0.4, -0.2) is 10.9 Å². The molecule has 0 aliphatic heterocycles. The Kier molecular flexibility index (Phi) is 5.66. The molecule has 0 unspecified atom stereocenters. The average Bonchev–Trinajstić information content (AvgIpc) is 3.10. The van der Waals surface area contributed by atoms with Gasteiger partial charge in [-0.1, -0.05) is 53.2 Å². The van der Waals surface area contributed by atoms with Gasteiger partial charge in [0, 0.05) is 28.6 Å². The largest absolute Gasteiger partial charge is 0.441 e. The van der Waals surface area contributed by atoms with Crippen LogP contribution in [0.1, 0.15) is 24.8 Å². The first kappa shape index (κ1) is 17.4. The third-order valence-corrected chi connectivity index (χ3v) is 4.45. The molecule has 1 heterocycles. The number of oxazole rings is 1. The van der Waals surface area contributed by atoms with E-state index < -0.39 is 0 Å². The Hall–Kier alpha value is -2.40. The summed E-state index contributed by atoms with van der Waals surface area (Å²) in [4.78, 5) is 16.5. The normalized spacial score (nSPS) is 10.6. The molecule has 0 saturated heterocycles. The smallest absolute Gasteiger partial charge is 0.224 e. The predicted octanol–water partition coefficient (Wildman–Crippen LogP) is 5.24. The van der Waals surface area contributed by atoms with Gasteiger partial charge < -0.3 is 9.73 Å². The molecular weight excluding hydrogens is 380 g/mol. The van der Waals surface area contributed by atoms with Gasteiger partial charge in [0.15, 0.2) is 11.7 Å². The Balaban J connectivity index is 1.58. The maximum atomic E-state index is 12.2. The minimum Gasteiger partial charge on any atom is -0.441 e. The number of aryl methyl sites for hydroxylation is 2. The van der Waals surface area contributed by atoms with Gasteiger partial charge in [-0.05, 0) is 30.2 Å². The summed E-state index contributed by atoms with van der Waals surface area (Å²) in [5, 5.41) is 2.96. The first-order valence-electron chi connectivity index (χ1n) is 8.24. The van der Waals surface area contributed by atoms with E-state index in [1.54, 1.807) is 6.20 Å². The van der Waals surface area contributed by atoms with Crippen LogP contribution in [0.4, 0.5) is 5.69 Å². The third kappa shape index (κ3) is 4.57. The maximum Gasteiger partial charge on any atom is 0.224 e. The van der Waals surface area contributed by atoms with Crippen LogP contribution in [0.3, 0.4) is 0 Å². The van der Waals surface area contributed by atoms with Crippen LogP contribution in [0.2, 0.25) is 0 Å². The molecule has 0 bridgehead atoms. The second-order valence-electron chi connectivity index (χ2n) is 5.68. The molecular formula is C20H19BrN2O2. The zero-order valence-electron chi connectivity index (χ0n) is 14.0. The first-order chi connectivity index (χ1) is 12.2. The summed E-state index contributed by atoms with van der Waals surface area (Å²) in [6.45, 7) is 2.07. The molecule has 0 aliphatic carbocycles. The summed E-state index contributed by atoms with van der Waals surface area (Å²) in [7, 11) is 0. The van der Waals surface area contributed by atoms with Gasteiger partial charge in [-0.15, -0.1) is 0 Å². The summed E-state index contributed by atoms with van der Waals surface area (Å²) < 4.78 is 6.76. The number of nitrogens with one attached hydrogen (secondary N) is 1. The number of anilines is 1. The molecule has 3 rings (SSSR count). The van der Waals surface area contributed by atoms with Gasteiger partial charge >= 0.3 is 0 Å². The predicted molar refractivity (Wildman–Crippen MR) is 102 cm³/mol. The molecule has 1 N–H and O–H groups in total. The number of aromatic nitrogens is 1. The Labute approximate surface area is 155 Å². The topological polar surface area (TPSA) is 55.1 Å². The Bertz CT molecular complexity index is 856. The maximum absolute atomic E-state index is 12.2. The fourth-order valence-electron chi connectivity index (χ4n) is 2.56. The van der Waals surface area contributed by atoms with Gasteiger partial charge in [0.1, 0.15) is 0 Å². The van der Waals surface area contributed by atoms with E-state index in [2.05, 4.69) is 33.2 Å². The molecule has 128 valence electrons. The summed E-state index contributed by atoms with van der Waals surface area (Å²) >= 11 is 3.41. The van der Waals surface area contributed by atoms with Crippen molar-refractivity contribution >= 4 is 27.5 Å². The van der Waals surface area contributed by atoms with Crippen LogP contribution in [0.25, 0.3) is 11.3 Å². The van der Waals surface area contributed by atoms with Crippen LogP contribution in [0.5, 0.6) is 0 Å². The summed E-state index contributed by atoms with van der Waals surface area (Å²) in [6.07, 6.45) is 3.38. The van der Waals surface area contributed by atoms with E-state index in [0.717, 1.165) is 27.7 Å². The van der Waals surface area contributed by atoms with E-state index in [1.165, 1.54) is 0 Å². The number of nitrogens with zero attached hydrogens (tertiary/aromatic N) is 1. The molecule has 2 aromatic carbocycles. The third-order valence-electron chi connectivity index (χ3n) is 3.92. The summed E-state index contributed by atoms with van der Waals surface area (Å²) in [6, 6.07) is 15.7. The monoisotopic (exact) mass is 398 g/mol. The molecule has 0 aliphatic rings. The fourth-order valence-corrected chi connectivity index (χ4v) is 2.82. The number of para-hydroxylation sites is 1. The Morgan fingerprint density at radius 1 is 1.16 bits per heavy atom. The number of benzene rings is 2. The van der Waals surface area contributed by atoms with Gasteiger partial charge in [0.25, 0.3) is 0 Å². The highest BCUT2D eigenvalue weighted by atomic mass is 79.9. The lowest BCUT2D eigenvalue weighted by atomic mass is 10.1. The van der Waals surface area contributed by atoms with E-state index >= 15 is 0 Å². The van der Waals surface area contributed by atoms with Gasteiger partial charge in [-0.2, -0.15) is 0 Å². The number of amides is 1. The highest BCUT2D eigenvalue weighted by Crippen LogP contribution is 2.23. The molecule has 0 spiro atoms. The highest BCUT2D eigenvalue weighted by Gasteiger charge is 2.10. The van der Waals surface area contributed by atoms with Gasteiger partial charge in [-0.3, -0.25) is 4.79 Å². The molecule has 3 aromatic rings. The van der Waals surface area contributed by atoms with Crippen molar-refractivity contribution in [3.63, 3.8) is 0 Å². The number of halogens is 1. The zero-order chi connectivity index (χ0) is 17.6. The summed E-state index contributed by atoms with van der Waals surface area (Å²) in [5.74, 6) is 1.24. The lowest BCUT2D eigenvalue weighted by molar-refractivity contribution is -0.116. The van der Waals surface area contributed by atoms with Crippen molar-refractivity contribution in [2.75, 3.05) is 5.32 Å². The Morgan fingerprint density at radius 3 is 2.68 bits per heavy atom. The minimum absolute atomic E-state index is 0.0377. The van der Waals surface area contributed by atoms with Crippen molar-refractivity contribution in [1.82, 2.24) is 4.98 Å². The molecule has 1 amide bonds. The molecule has 25 heavy (non-hydrogen) atoms. The Morgan fingerprint density at radius 2 is 1.92 bits per heavy atom. The number of rotatable bonds is 6. The second-order valence-corrected chi connectivity index (χ2v) is 6.60. The number of hydrogen-bond donors (Lipinski definition) is 1.